The van der Waals surface area contributed by atoms with Gasteiger partial charge in [0.05, 0.1) is 23.0 Å². The minimum Gasteiger partial charge on any atom is -0.506 e. The van der Waals surface area contributed by atoms with Crippen LogP contribution in [0.2, 0.25) is 0 Å². The number of nitrogen functional groups attached to an aromatic ring is 1. The van der Waals surface area contributed by atoms with Crippen molar-refractivity contribution < 1.29 is 31.5 Å². The highest BCUT2D eigenvalue weighted by Crippen LogP contribution is 2.43. The van der Waals surface area contributed by atoms with Gasteiger partial charge in [-0.25, -0.2) is 13.1 Å². The molecule has 1 fully saturated rings. The van der Waals surface area contributed by atoms with Gasteiger partial charge in [0.15, 0.2) is 9.84 Å². The van der Waals surface area contributed by atoms with E-state index in [1.165, 1.54) is 0 Å². The number of rotatable bonds is 6. The molecule has 0 saturated heterocycles. The number of aromatic hydroxyl groups is 1. The molecule has 2 aliphatic heterocycles. The fraction of sp³-hybridized carbons (Fsp3) is 0.414. The zero-order chi connectivity index (χ0) is 30.7. The third kappa shape index (κ3) is 5.85. The average molecular weight is 617 g/mol. The summed E-state index contributed by atoms with van der Waals surface area (Å²) in [5.41, 5.74) is 8.31. The van der Waals surface area contributed by atoms with Gasteiger partial charge in [-0.2, -0.15) is 18.3 Å². The summed E-state index contributed by atoms with van der Waals surface area (Å²) in [7, 11) is -3.33. The van der Waals surface area contributed by atoms with E-state index in [4.69, 9.17) is 10.8 Å². The highest BCUT2D eigenvalue weighted by molar-refractivity contribution is 7.93. The van der Waals surface area contributed by atoms with E-state index < -0.39 is 33.7 Å². The quantitative estimate of drug-likeness (QED) is 0.429. The number of pyridine rings is 1. The Morgan fingerprint density at radius 2 is 1.95 bits per heavy atom. The van der Waals surface area contributed by atoms with Crippen LogP contribution in [0.5, 0.6) is 5.75 Å². The Morgan fingerprint density at radius 3 is 2.60 bits per heavy atom. The van der Waals surface area contributed by atoms with Gasteiger partial charge in [0.2, 0.25) is 0 Å². The molecule has 43 heavy (non-hydrogen) atoms. The van der Waals surface area contributed by atoms with Gasteiger partial charge >= 0.3 is 6.18 Å². The summed E-state index contributed by atoms with van der Waals surface area (Å²) < 4.78 is 64.6. The number of anilines is 1. The van der Waals surface area contributed by atoms with Crippen LogP contribution in [0, 0.1) is 0 Å². The second-order valence-corrected chi connectivity index (χ2v) is 13.3. The van der Waals surface area contributed by atoms with Crippen molar-refractivity contribution in [2.45, 2.75) is 43.8 Å². The van der Waals surface area contributed by atoms with Gasteiger partial charge < -0.3 is 15.7 Å². The van der Waals surface area contributed by atoms with Crippen molar-refractivity contribution in [2.75, 3.05) is 38.2 Å². The molecule has 1 aliphatic carbocycles. The van der Waals surface area contributed by atoms with E-state index in [0.717, 1.165) is 53.2 Å². The molecule has 0 radical (unpaired) electrons. The van der Waals surface area contributed by atoms with E-state index in [0.29, 0.717) is 50.1 Å². The van der Waals surface area contributed by atoms with E-state index in [9.17, 15) is 31.5 Å². The molecule has 14 heteroatoms. The van der Waals surface area contributed by atoms with Crippen molar-refractivity contribution >= 4 is 21.4 Å². The third-order valence-corrected chi connectivity index (χ3v) is 8.88. The number of sulfone groups is 1. The number of hydrogen-bond acceptors (Lipinski definition) is 8. The maximum absolute atomic E-state index is 13.8. The summed E-state index contributed by atoms with van der Waals surface area (Å²) in [6, 6.07) is 5.74. The molecular weight excluding hydrogens is 585 g/mol. The number of nitrogens with zero attached hydrogens (tertiary/aromatic N) is 5. The fourth-order valence-electron chi connectivity index (χ4n) is 5.98. The first-order chi connectivity index (χ1) is 20.3. The van der Waals surface area contributed by atoms with Gasteiger partial charge in [-0.05, 0) is 42.5 Å². The van der Waals surface area contributed by atoms with Crippen LogP contribution in [0.4, 0.5) is 18.9 Å². The highest BCUT2D eigenvalue weighted by atomic mass is 32.2. The van der Waals surface area contributed by atoms with Crippen LogP contribution in [0.15, 0.2) is 41.9 Å². The van der Waals surface area contributed by atoms with Gasteiger partial charge in [-0.15, -0.1) is 0 Å². The SMILES string of the molecule is CS(=O)(=O)C=CCN1CCc2nn(-c3ccc(C4CC4)cc3O)c3c2C(C1)N(C(=O)c1cnc(C(F)(F)F)cc1N)CC3. The van der Waals surface area contributed by atoms with Gasteiger partial charge in [-0.1, -0.05) is 12.1 Å². The number of benzene rings is 1. The standard InChI is InChI=1S/C29H31F3N6O4S/c1-43(41,42)12-2-9-36-10-7-21-27-23(38(35-21)22-6-5-18(13-25(22)39)17-3-4-17)8-11-37(24(27)16-36)28(40)19-15-34-26(14-20(19)33)29(30,31)32/h2,5-6,12-15,17,24,39H,3-4,7-11,16H2,1H3,(H2,33,34). The van der Waals surface area contributed by atoms with E-state index in [2.05, 4.69) is 4.98 Å². The highest BCUT2D eigenvalue weighted by Gasteiger charge is 2.40. The lowest BCUT2D eigenvalue weighted by molar-refractivity contribution is -0.141. The van der Waals surface area contributed by atoms with Gasteiger partial charge in [-0.3, -0.25) is 14.7 Å². The number of nitrogens with two attached hydrogens (primary N) is 1. The first-order valence-electron chi connectivity index (χ1n) is 14.0. The van der Waals surface area contributed by atoms with Crippen molar-refractivity contribution in [1.29, 1.82) is 0 Å². The molecule has 10 nitrogen and oxygen atoms in total. The summed E-state index contributed by atoms with van der Waals surface area (Å²) in [4.78, 5) is 20.9. The summed E-state index contributed by atoms with van der Waals surface area (Å²) in [6.45, 7) is 1.37. The van der Waals surface area contributed by atoms with Crippen LogP contribution >= 0.6 is 0 Å². The molecule has 1 atom stereocenters. The zero-order valence-corrected chi connectivity index (χ0v) is 24.2. The van der Waals surface area contributed by atoms with Crippen LogP contribution in [-0.2, 0) is 28.9 Å². The van der Waals surface area contributed by atoms with Crippen molar-refractivity contribution in [2.24, 2.45) is 0 Å². The molecular formula is C29H31F3N6O4S. The van der Waals surface area contributed by atoms with Crippen molar-refractivity contribution in [3.63, 3.8) is 0 Å². The molecule has 1 saturated carbocycles. The molecule has 3 aromatic rings. The zero-order valence-electron chi connectivity index (χ0n) is 23.4. The van der Waals surface area contributed by atoms with Crippen LogP contribution in [0.1, 0.15) is 63.4 Å². The lowest BCUT2D eigenvalue weighted by atomic mass is 9.94. The van der Waals surface area contributed by atoms with Crippen LogP contribution in [0.3, 0.4) is 0 Å². The van der Waals surface area contributed by atoms with Gasteiger partial charge in [0, 0.05) is 68.1 Å². The molecule has 3 aliphatic rings. The maximum atomic E-state index is 13.8. The van der Waals surface area contributed by atoms with Crippen LogP contribution in [-0.4, -0.2) is 76.4 Å². The third-order valence-electron chi connectivity index (χ3n) is 8.19. The molecule has 3 N–H and O–H groups in total. The minimum absolute atomic E-state index is 0.115. The largest absolute Gasteiger partial charge is 0.506 e. The Morgan fingerprint density at radius 1 is 1.19 bits per heavy atom. The first kappa shape index (κ1) is 29.2. The molecule has 6 rings (SSSR count). The summed E-state index contributed by atoms with van der Waals surface area (Å²) in [5.74, 6) is 0.0224. The predicted octanol–water partition coefficient (Wildman–Crippen LogP) is 3.61. The Labute approximate surface area is 246 Å². The lowest BCUT2D eigenvalue weighted by Gasteiger charge is -2.38. The number of phenols is 1. The van der Waals surface area contributed by atoms with Crippen molar-refractivity contribution in [3.05, 3.63) is 75.7 Å². The maximum Gasteiger partial charge on any atom is 0.433 e. The summed E-state index contributed by atoms with van der Waals surface area (Å²) >= 11 is 0. The molecule has 228 valence electrons. The molecule has 4 heterocycles. The van der Waals surface area contributed by atoms with Crippen molar-refractivity contribution in [1.82, 2.24) is 24.6 Å². The molecule has 1 unspecified atom stereocenters. The van der Waals surface area contributed by atoms with Gasteiger partial charge in [0.1, 0.15) is 17.1 Å². The molecule has 0 bridgehead atoms. The number of carbonyl (C=O) groups is 1. The van der Waals surface area contributed by atoms with Gasteiger partial charge in [0.25, 0.3) is 5.91 Å². The van der Waals surface area contributed by atoms with E-state index in [1.807, 2.05) is 17.0 Å². The van der Waals surface area contributed by atoms with Crippen molar-refractivity contribution in [3.8, 4) is 11.4 Å². The average Bonchev–Trinajstić information content (AvgIpc) is 3.73. The number of amides is 1. The Balaban J connectivity index is 1.38. The summed E-state index contributed by atoms with van der Waals surface area (Å²) in [5, 5.41) is 17.0. The number of hydrogen-bond donors (Lipinski definition) is 2. The normalized spacial score (nSPS) is 19.4. The topological polar surface area (TPSA) is 135 Å². The fourth-order valence-corrected chi connectivity index (χ4v) is 6.41. The predicted molar refractivity (Wildman–Crippen MR) is 152 cm³/mol. The van der Waals surface area contributed by atoms with E-state index in [-0.39, 0.29) is 23.5 Å². The second kappa shape index (κ2) is 10.7. The summed E-state index contributed by atoms with van der Waals surface area (Å²) in [6.07, 6.45) is 1.90. The Bertz CT molecular complexity index is 1730. The Hall–Kier alpha value is -3.91. The molecule has 1 amide bonds. The van der Waals surface area contributed by atoms with Crippen LogP contribution in [0.25, 0.3) is 5.69 Å². The molecule has 1 aromatic carbocycles. The second-order valence-electron chi connectivity index (χ2n) is 11.4. The first-order valence-corrected chi connectivity index (χ1v) is 15.9. The molecule has 2 aromatic heterocycles. The Kier molecular flexibility index (Phi) is 7.24. The number of alkyl halides is 3. The molecule has 0 spiro atoms. The number of aromatic nitrogens is 3. The minimum atomic E-state index is -4.71. The van der Waals surface area contributed by atoms with E-state index >= 15 is 0 Å². The monoisotopic (exact) mass is 616 g/mol. The van der Waals surface area contributed by atoms with Crippen LogP contribution < -0.4 is 5.73 Å². The number of halogens is 3. The van der Waals surface area contributed by atoms with E-state index in [1.54, 1.807) is 21.7 Å². The smallest absolute Gasteiger partial charge is 0.433 e. The number of phenolic OH excluding ortho intramolecular Hbond substituents is 1. The lowest BCUT2D eigenvalue weighted by Crippen LogP contribution is -2.45. The number of carbonyl (C=O) groups excluding carboxylic acids is 1.